The Balaban J connectivity index is 0.000000189. The van der Waals surface area contributed by atoms with Gasteiger partial charge in [0.15, 0.2) is 18.1 Å². The molecule has 3 aliphatic heterocycles. The fourth-order valence-corrected chi connectivity index (χ4v) is 43.7. The average molecular weight is 2480 g/mol. The maximum atomic E-state index is 11.3. The number of H-pyrrole nitrogens is 1. The first-order chi connectivity index (χ1) is 69.8. The van der Waals surface area contributed by atoms with Gasteiger partial charge in [0.25, 0.3) is 5.69 Å². The molecule has 1 aromatic carbocycles. The predicted molar refractivity (Wildman–Crippen MR) is 640 cm³/mol. The van der Waals surface area contributed by atoms with Gasteiger partial charge in [0.2, 0.25) is 5.69 Å². The van der Waals surface area contributed by atoms with E-state index in [0.717, 1.165) is 159 Å². The third kappa shape index (κ3) is 34.2. The van der Waals surface area contributed by atoms with Gasteiger partial charge in [-0.15, -0.1) is 23.2 Å². The number of anilines is 1. The summed E-state index contributed by atoms with van der Waals surface area (Å²) in [5.74, 6) is 4.08. The zero-order chi connectivity index (χ0) is 106. The van der Waals surface area contributed by atoms with E-state index in [4.69, 9.17) is 98.5 Å². The van der Waals surface area contributed by atoms with Gasteiger partial charge in [-0.05, 0) is 365 Å². The number of halogens is 4. The summed E-state index contributed by atoms with van der Waals surface area (Å²) in [6.45, 7) is 32.1. The molecule has 3 fully saturated rings. The number of nitro groups is 1. The van der Waals surface area contributed by atoms with E-state index in [0.29, 0.717) is 24.1 Å². The van der Waals surface area contributed by atoms with Gasteiger partial charge >= 0.3 is 21.1 Å². The number of nitrogen functional groups attached to an aromatic ring is 1. The van der Waals surface area contributed by atoms with Crippen LogP contribution in [0, 0.1) is 48.7 Å². The molecule has 0 unspecified atom stereocenters. The molecule has 3 N–H and O–H groups in total. The molecule has 13 heterocycles. The van der Waals surface area contributed by atoms with E-state index in [1.807, 2.05) is 131 Å². The number of ether oxygens (including phenoxy) is 1. The Morgan fingerprint density at radius 2 is 0.932 bits per heavy atom. The molecule has 0 spiro atoms. The van der Waals surface area contributed by atoms with Gasteiger partial charge in [-0.1, -0.05) is 43.1 Å². The van der Waals surface area contributed by atoms with Crippen molar-refractivity contribution in [2.24, 2.45) is 0 Å². The van der Waals surface area contributed by atoms with Gasteiger partial charge in [0.1, 0.15) is 27.8 Å². The van der Waals surface area contributed by atoms with Crippen LogP contribution in [0.4, 0.5) is 11.4 Å². The van der Waals surface area contributed by atoms with Crippen molar-refractivity contribution in [3.63, 3.8) is 0 Å². The summed E-state index contributed by atoms with van der Waals surface area (Å²) in [5.41, 5.74) is 29.2. The normalized spacial score (nSPS) is 17.0. The molecule has 798 valence electrons. The van der Waals surface area contributed by atoms with Gasteiger partial charge in [-0.25, -0.2) is 9.97 Å². The van der Waals surface area contributed by atoms with E-state index in [1.54, 1.807) is 106 Å². The number of nitrogens with zero attached hydrogens (tertiary/aromatic N) is 11. The van der Waals surface area contributed by atoms with E-state index in [-0.39, 0.29) is 78.2 Å². The molecule has 10 aromatic heterocycles. The van der Waals surface area contributed by atoms with Crippen LogP contribution in [0.15, 0.2) is 119 Å². The zero-order valence-corrected chi connectivity index (χ0v) is 106. The number of aromatic nitrogens is 11. The van der Waals surface area contributed by atoms with Gasteiger partial charge < -0.3 is 65.7 Å². The number of hydrogen-bond donors (Lipinski definition) is 2. The summed E-state index contributed by atoms with van der Waals surface area (Å²) in [4.78, 5) is 45.4. The Kier molecular flexibility index (Phi) is 51.6. The second kappa shape index (κ2) is 60.5. The number of rotatable bonds is 6. The quantitative estimate of drug-likeness (QED) is 0.0297. The molecule has 25 nitrogen and oxygen atoms in total. The number of nitrogens with two attached hydrogens (primary N) is 1. The zero-order valence-electron chi connectivity index (χ0n) is 87.9. The molecule has 0 bridgehead atoms. The standard InChI is InChI=1S/C26H25N5O2.C15H22BNO2.C12H24B2O4.C9H10BrN.C9H10N2O3.C9H12N2.C9H11NO.C9H11N.C2H4Cl2.CH3Br.CH3.S13.Zn/c1-13-23(14(2)33-31-13)19-11-21-18(12-22(19)32-4)24-25(28-15(3)29-26(24)30-21)17-9-10-27-20-8-6-5-7-16(17)20;1-14(2)15(3,4)19-16(18-14)12-9-10-17-13-8-6-5-7-11(12)13;1-9(2)10(3,4)16-13(15-9)14-17-11(5,6)12(7,8)18-14;10-8-5-6-11-9-4-2-1-3-7(8)9;12-10-6-5-9(11(13)14)7-3-1-2-4-8(7)10;10-8-5-6-11-9-4-2-1-3-7(8)9;11-10-7-3-5-8-4-1-2-6-9(8)10;1-2-6-9-8(4-1)5-3-7-10-9;1-2(3)4;1-2;;1-3-5-7-9-11-13-12-10-8-6-4-2;/h9-12H,5-8H2,1-4H3,(H,28,29,30);9-10H,5-8H2,1-4H3;1-8H3;5-6H,1-4H2;5-6H,1-4H2;5-6H,1-4H2,(H2,10,11);3,5,7H,1-2,4,6H2;3,5,7H,1-2,4,6H2;2H,1H3;1H3;1H3;;/q;;;;;;;;;;-1;;. The molecule has 0 amide bonds. The summed E-state index contributed by atoms with van der Waals surface area (Å²) >= 11 is 26.0. The minimum Gasteiger partial charge on any atom is -0.618 e. The van der Waals surface area contributed by atoms with Crippen LogP contribution in [0.25, 0.3) is 44.3 Å². The molecule has 0 saturated carbocycles. The number of pyridine rings is 7. The van der Waals surface area contributed by atoms with Crippen LogP contribution < -0.4 is 25.4 Å². The van der Waals surface area contributed by atoms with E-state index in [9.17, 15) is 20.5 Å². The van der Waals surface area contributed by atoms with Crippen LogP contribution in [-0.2, 0) is 257 Å². The first-order valence-electron chi connectivity index (χ1n) is 49.2. The monoisotopic (exact) mass is 2470 g/mol. The second-order valence-electron chi connectivity index (χ2n) is 39.1. The third-order valence-electron chi connectivity index (χ3n) is 27.9. The number of fused-ring (bicyclic) bond motifs is 10. The molecule has 21 rings (SSSR count). The molecule has 0 atom stereocenters. The first-order valence-corrected chi connectivity index (χ1v) is 68.5. The second-order valence-corrected chi connectivity index (χ2v) is 60.9. The molecule has 3 saturated heterocycles. The van der Waals surface area contributed by atoms with Crippen molar-refractivity contribution in [1.82, 2.24) is 45.0 Å². The predicted octanol–water partition coefficient (Wildman–Crippen LogP) is 21.9. The smallest absolute Gasteiger partial charge is 0.495 e. The number of alkyl halides is 3. The van der Waals surface area contributed by atoms with E-state index < -0.39 is 18.9 Å². The van der Waals surface area contributed by atoms with Gasteiger partial charge in [0, 0.05) is 256 Å². The van der Waals surface area contributed by atoms with Crippen LogP contribution in [0.2, 0.25) is 0 Å². The number of hydrogen-bond acceptors (Lipinski definition) is 23. The maximum absolute atomic E-state index is 11.3. The van der Waals surface area contributed by atoms with Crippen molar-refractivity contribution in [3.8, 4) is 28.1 Å². The minimum atomic E-state index is -0.476. The first kappa shape index (κ1) is 126. The molecule has 0 radical (unpaired) electrons. The molecular formula is C102H135B3Br2Cl2N13O12S13Zn-. The van der Waals surface area contributed by atoms with Crippen LogP contribution in [0.1, 0.15) is 276 Å². The number of aromatic amines is 1. The number of nitrogens with one attached hydrogen (secondary N) is 1. The van der Waals surface area contributed by atoms with Crippen molar-refractivity contribution in [2.75, 3.05) is 18.7 Å². The van der Waals surface area contributed by atoms with Crippen LogP contribution in [0.3, 0.4) is 0 Å². The summed E-state index contributed by atoms with van der Waals surface area (Å²) < 4.78 is 50.4. The van der Waals surface area contributed by atoms with Crippen molar-refractivity contribution in [3.05, 3.63) is 239 Å². The molecule has 7 aliphatic carbocycles. The third-order valence-corrected chi connectivity index (χ3v) is 50.9. The SMILES string of the molecule is Brc1ccnc2c1CCCC2.CBr.CC(Cl)Cl.CC1(C)OB(B2OC(C)(C)C(C)(C)O2)OC1(C)C.CC1(C)OB(c2ccnc3c2CCCC3)OC1(C)C.COc1cc2c(cc1-c1c(C)noc1C)[nH]c1nc(C)nc(-c3ccnc4c3CCCC4)c12.Nc1ccnc2c1CCCC2.O=[N+]([O-])c1cc[n+]([O-])c2c1CCCC2.S=S=S=S=S=S=S=S=S=S=S=S=S.[CH3-].[O-][n+]1cccc2c1CCCC2.[Zn].c1cnc2c(c1)CCCC2. The van der Waals surface area contributed by atoms with E-state index in [2.05, 4.69) is 131 Å². The molecule has 148 heavy (non-hydrogen) atoms. The molecule has 46 heteroatoms. The Morgan fingerprint density at radius 3 is 1.44 bits per heavy atom. The Bertz CT molecular complexity index is 6630. The van der Waals surface area contributed by atoms with Gasteiger partial charge in [0.05, 0.1) is 79.6 Å². The average Bonchev–Trinajstić information content (AvgIpc) is 1.60. The summed E-state index contributed by atoms with van der Waals surface area (Å²) in [5, 5.41) is 39.4. The number of aryl methyl sites for hydroxylation is 10. The van der Waals surface area contributed by atoms with Crippen LogP contribution in [0.5, 0.6) is 5.75 Å². The maximum Gasteiger partial charge on any atom is 0.495 e. The van der Waals surface area contributed by atoms with Gasteiger partial charge in [-0.2, -0.15) is 9.46 Å². The van der Waals surface area contributed by atoms with Crippen molar-refractivity contribution < 1.29 is 71.0 Å². The Hall–Kier alpha value is -5.06. The van der Waals surface area contributed by atoms with Crippen molar-refractivity contribution in [2.45, 2.75) is 329 Å². The fraction of sp³-hybridized carbons (Fsp3) is 0.520. The topological polar surface area (TPSA) is 320 Å². The number of benzene rings is 1. The van der Waals surface area contributed by atoms with Crippen LogP contribution >= 0.6 is 55.1 Å². The minimum absolute atomic E-state index is 0. The Morgan fingerprint density at radius 1 is 0.507 bits per heavy atom. The molecular weight excluding hydrogens is 2340 g/mol. The molecule has 10 aliphatic rings. The summed E-state index contributed by atoms with van der Waals surface area (Å²) in [7, 11) is 18.6. The molecule has 11 aromatic rings. The largest absolute Gasteiger partial charge is 0.618 e. The van der Waals surface area contributed by atoms with E-state index in [1.165, 1.54) is 198 Å². The van der Waals surface area contributed by atoms with Crippen molar-refractivity contribution in [1.29, 1.82) is 0 Å². The van der Waals surface area contributed by atoms with Gasteiger partial charge in [-0.3, -0.25) is 35.0 Å². The van der Waals surface area contributed by atoms with E-state index >= 15 is 0 Å². The van der Waals surface area contributed by atoms with Crippen LogP contribution in [-0.4, -0.2) is 122 Å². The summed E-state index contributed by atoms with van der Waals surface area (Å²) in [6.07, 6.45) is 43.8. The van der Waals surface area contributed by atoms with Crippen molar-refractivity contribution >= 4 is 235 Å². The fourth-order valence-electron chi connectivity index (χ4n) is 18.5. The number of methoxy groups -OCH3 is 1. The Labute approximate surface area is 955 Å². The summed E-state index contributed by atoms with van der Waals surface area (Å²) in [6, 6.07) is 21.7.